The third-order valence-corrected chi connectivity index (χ3v) is 4.74. The van der Waals surface area contributed by atoms with Crippen molar-refractivity contribution in [2.75, 3.05) is 26.2 Å². The molecule has 0 aliphatic carbocycles. The van der Waals surface area contributed by atoms with Crippen molar-refractivity contribution in [1.29, 1.82) is 0 Å². The molecule has 23 heavy (non-hydrogen) atoms. The Labute approximate surface area is 145 Å². The van der Waals surface area contributed by atoms with Crippen LogP contribution in [0.4, 0.5) is 0 Å². The van der Waals surface area contributed by atoms with Crippen molar-refractivity contribution >= 4 is 29.1 Å². The molecule has 122 valence electrons. The molecule has 1 aliphatic rings. The van der Waals surface area contributed by atoms with Crippen molar-refractivity contribution in [1.82, 2.24) is 19.6 Å². The maximum Gasteiger partial charge on any atom is 0.257 e. The molecule has 7 heteroatoms. The lowest BCUT2D eigenvalue weighted by Crippen LogP contribution is -2.48. The van der Waals surface area contributed by atoms with E-state index in [1.807, 2.05) is 30.1 Å². The van der Waals surface area contributed by atoms with Crippen LogP contribution in [0.2, 0.25) is 10.0 Å². The Bertz CT molecular complexity index is 708. The molecule has 2 aromatic rings. The second kappa shape index (κ2) is 6.91. The number of piperazine rings is 1. The fourth-order valence-electron chi connectivity index (χ4n) is 2.72. The number of hydrogen-bond acceptors (Lipinski definition) is 3. The second-order valence-corrected chi connectivity index (χ2v) is 6.53. The number of aromatic nitrogens is 2. The molecular weight excluding hydrogens is 335 g/mol. The molecular formula is C16H18Cl2N4O. The van der Waals surface area contributed by atoms with E-state index in [0.717, 1.165) is 38.3 Å². The van der Waals surface area contributed by atoms with Crippen LogP contribution in [-0.2, 0) is 13.6 Å². The van der Waals surface area contributed by atoms with Gasteiger partial charge in [0, 0.05) is 46.0 Å². The summed E-state index contributed by atoms with van der Waals surface area (Å²) in [5.41, 5.74) is 1.77. The van der Waals surface area contributed by atoms with Gasteiger partial charge >= 0.3 is 0 Å². The Morgan fingerprint density at radius 1 is 1.17 bits per heavy atom. The molecule has 0 saturated carbocycles. The number of carbonyl (C=O) groups excluding carboxylic acids is 1. The van der Waals surface area contributed by atoms with E-state index in [0.29, 0.717) is 15.6 Å². The van der Waals surface area contributed by atoms with Gasteiger partial charge in [-0.05, 0) is 17.7 Å². The lowest BCUT2D eigenvalue weighted by Gasteiger charge is -2.34. The van der Waals surface area contributed by atoms with Crippen LogP contribution in [0, 0.1) is 0 Å². The lowest BCUT2D eigenvalue weighted by molar-refractivity contribution is 0.0628. The fraction of sp³-hybridized carbons (Fsp3) is 0.375. The topological polar surface area (TPSA) is 41.4 Å². The quantitative estimate of drug-likeness (QED) is 0.852. The Balaban J connectivity index is 1.56. The van der Waals surface area contributed by atoms with Gasteiger partial charge in [-0.3, -0.25) is 14.4 Å². The summed E-state index contributed by atoms with van der Waals surface area (Å²) in [5, 5.41) is 5.20. The monoisotopic (exact) mass is 352 g/mol. The summed E-state index contributed by atoms with van der Waals surface area (Å²) in [6, 6.07) is 5.71. The zero-order valence-electron chi connectivity index (χ0n) is 12.9. The van der Waals surface area contributed by atoms with Gasteiger partial charge in [0.05, 0.1) is 21.8 Å². The molecule has 1 aliphatic heterocycles. The van der Waals surface area contributed by atoms with Gasteiger partial charge in [0.25, 0.3) is 5.91 Å². The Hall–Kier alpha value is -1.56. The van der Waals surface area contributed by atoms with E-state index < -0.39 is 0 Å². The summed E-state index contributed by atoms with van der Waals surface area (Å²) < 4.78 is 1.65. The van der Waals surface area contributed by atoms with Gasteiger partial charge in [0.1, 0.15) is 0 Å². The van der Waals surface area contributed by atoms with Gasteiger partial charge in [0.15, 0.2) is 0 Å². The summed E-state index contributed by atoms with van der Waals surface area (Å²) in [5.74, 6) is 0.0484. The van der Waals surface area contributed by atoms with Gasteiger partial charge in [-0.25, -0.2) is 0 Å². The molecule has 0 radical (unpaired) electrons. The van der Waals surface area contributed by atoms with Crippen molar-refractivity contribution in [3.8, 4) is 0 Å². The first-order valence-electron chi connectivity index (χ1n) is 7.47. The minimum atomic E-state index is 0.0484. The van der Waals surface area contributed by atoms with E-state index in [9.17, 15) is 4.79 Å². The predicted molar refractivity (Wildman–Crippen MR) is 90.9 cm³/mol. The zero-order valence-corrected chi connectivity index (χ0v) is 14.4. The minimum absolute atomic E-state index is 0.0484. The second-order valence-electron chi connectivity index (χ2n) is 5.72. The number of hydrogen-bond donors (Lipinski definition) is 0. The molecule has 3 rings (SSSR count). The number of benzene rings is 1. The van der Waals surface area contributed by atoms with E-state index >= 15 is 0 Å². The fourth-order valence-corrected chi connectivity index (χ4v) is 3.04. The van der Waals surface area contributed by atoms with Crippen molar-refractivity contribution in [2.45, 2.75) is 6.54 Å². The van der Waals surface area contributed by atoms with Crippen LogP contribution in [0.5, 0.6) is 0 Å². The maximum absolute atomic E-state index is 12.4. The first-order valence-corrected chi connectivity index (χ1v) is 8.23. The average molecular weight is 353 g/mol. The normalized spacial score (nSPS) is 15.9. The van der Waals surface area contributed by atoms with Crippen LogP contribution in [0.15, 0.2) is 30.6 Å². The zero-order chi connectivity index (χ0) is 16.4. The van der Waals surface area contributed by atoms with Crippen LogP contribution in [0.1, 0.15) is 15.9 Å². The molecule has 1 aromatic carbocycles. The van der Waals surface area contributed by atoms with Crippen molar-refractivity contribution in [2.24, 2.45) is 7.05 Å². The highest BCUT2D eigenvalue weighted by molar-refractivity contribution is 6.42. The first-order chi connectivity index (χ1) is 11.0. The molecule has 0 atom stereocenters. The molecule has 1 aromatic heterocycles. The molecule has 5 nitrogen and oxygen atoms in total. The molecule has 0 bridgehead atoms. The number of amides is 1. The van der Waals surface area contributed by atoms with E-state index in [2.05, 4.69) is 10.00 Å². The van der Waals surface area contributed by atoms with Gasteiger partial charge in [-0.1, -0.05) is 29.3 Å². The van der Waals surface area contributed by atoms with Crippen molar-refractivity contribution in [3.05, 3.63) is 51.8 Å². The molecule has 0 N–H and O–H groups in total. The number of nitrogens with zero attached hydrogens (tertiary/aromatic N) is 4. The SMILES string of the molecule is Cn1cc(C(=O)N2CCN(Cc3ccc(Cl)c(Cl)c3)CC2)cn1. The molecule has 0 spiro atoms. The third kappa shape index (κ3) is 3.86. The summed E-state index contributed by atoms with van der Waals surface area (Å²) in [7, 11) is 1.81. The van der Waals surface area contributed by atoms with Crippen molar-refractivity contribution in [3.63, 3.8) is 0 Å². The van der Waals surface area contributed by atoms with E-state index in [1.54, 1.807) is 17.1 Å². The van der Waals surface area contributed by atoms with Crippen LogP contribution in [0.25, 0.3) is 0 Å². The van der Waals surface area contributed by atoms with Gasteiger partial charge in [-0.2, -0.15) is 5.10 Å². The van der Waals surface area contributed by atoms with Gasteiger partial charge in [0.2, 0.25) is 0 Å². The molecule has 1 saturated heterocycles. The number of rotatable bonds is 3. The smallest absolute Gasteiger partial charge is 0.257 e. The minimum Gasteiger partial charge on any atom is -0.336 e. The number of carbonyl (C=O) groups is 1. The summed E-state index contributed by atoms with van der Waals surface area (Å²) >= 11 is 12.0. The van der Waals surface area contributed by atoms with Crippen LogP contribution >= 0.6 is 23.2 Å². The standard InChI is InChI=1S/C16H18Cl2N4O/c1-20-11-13(9-19-20)16(23)22-6-4-21(5-7-22)10-12-2-3-14(17)15(18)8-12/h2-3,8-9,11H,4-7,10H2,1H3. The largest absolute Gasteiger partial charge is 0.336 e. The van der Waals surface area contributed by atoms with Crippen LogP contribution in [0.3, 0.4) is 0 Å². The number of aryl methyl sites for hydroxylation is 1. The Morgan fingerprint density at radius 2 is 1.91 bits per heavy atom. The highest BCUT2D eigenvalue weighted by Crippen LogP contribution is 2.23. The van der Waals surface area contributed by atoms with E-state index in [-0.39, 0.29) is 5.91 Å². The predicted octanol–water partition coefficient (Wildman–Crippen LogP) is 2.68. The molecule has 0 unspecified atom stereocenters. The van der Waals surface area contributed by atoms with Crippen molar-refractivity contribution < 1.29 is 4.79 Å². The van der Waals surface area contributed by atoms with Crippen LogP contribution in [-0.4, -0.2) is 51.7 Å². The Morgan fingerprint density at radius 3 is 2.52 bits per heavy atom. The van der Waals surface area contributed by atoms with E-state index in [4.69, 9.17) is 23.2 Å². The third-order valence-electron chi connectivity index (χ3n) is 4.00. The Kier molecular flexibility index (Phi) is 4.90. The summed E-state index contributed by atoms with van der Waals surface area (Å²) in [6.45, 7) is 3.93. The lowest BCUT2D eigenvalue weighted by atomic mass is 10.2. The average Bonchev–Trinajstić information content (AvgIpc) is 2.97. The summed E-state index contributed by atoms with van der Waals surface area (Å²) in [4.78, 5) is 16.6. The van der Waals surface area contributed by atoms with Crippen LogP contribution < -0.4 is 0 Å². The highest BCUT2D eigenvalue weighted by Gasteiger charge is 2.23. The van der Waals surface area contributed by atoms with E-state index in [1.165, 1.54) is 0 Å². The summed E-state index contributed by atoms with van der Waals surface area (Å²) in [6.07, 6.45) is 3.37. The van der Waals surface area contributed by atoms with Gasteiger partial charge in [-0.15, -0.1) is 0 Å². The molecule has 1 amide bonds. The maximum atomic E-state index is 12.4. The number of halogens is 2. The first kappa shape index (κ1) is 16.3. The molecule has 2 heterocycles. The van der Waals surface area contributed by atoms with Gasteiger partial charge < -0.3 is 4.90 Å². The molecule has 1 fully saturated rings. The highest BCUT2D eigenvalue weighted by atomic mass is 35.5.